The molecule has 2 unspecified atom stereocenters. The zero-order valence-electron chi connectivity index (χ0n) is 11.4. The van der Waals surface area contributed by atoms with Crippen LogP contribution >= 0.6 is 0 Å². The highest BCUT2D eigenvalue weighted by Crippen LogP contribution is 2.08. The molecular formula is C13H29NO2. The van der Waals surface area contributed by atoms with Crippen LogP contribution in [-0.2, 0) is 9.47 Å². The second-order valence-electron chi connectivity index (χ2n) is 4.00. The van der Waals surface area contributed by atoms with Crippen molar-refractivity contribution in [2.45, 2.75) is 59.1 Å². The smallest absolute Gasteiger partial charge is 0.0750 e. The molecule has 3 heteroatoms. The van der Waals surface area contributed by atoms with Crippen molar-refractivity contribution in [3.8, 4) is 0 Å². The molecule has 0 amide bonds. The molecule has 98 valence electrons. The first-order valence-corrected chi connectivity index (χ1v) is 6.72. The minimum absolute atomic E-state index is 0.285. The van der Waals surface area contributed by atoms with E-state index < -0.39 is 0 Å². The number of hydrogen-bond acceptors (Lipinski definition) is 3. The normalized spacial score (nSPS) is 15.0. The molecule has 0 rings (SSSR count). The molecule has 0 bridgehead atoms. The molecule has 0 saturated carbocycles. The van der Waals surface area contributed by atoms with Gasteiger partial charge in [-0.1, -0.05) is 20.3 Å². The van der Waals surface area contributed by atoms with Gasteiger partial charge in [0.05, 0.1) is 18.8 Å². The fourth-order valence-electron chi connectivity index (χ4n) is 1.77. The van der Waals surface area contributed by atoms with Gasteiger partial charge < -0.3 is 14.8 Å². The van der Waals surface area contributed by atoms with Gasteiger partial charge in [0.2, 0.25) is 0 Å². The van der Waals surface area contributed by atoms with E-state index in [1.54, 1.807) is 0 Å². The summed E-state index contributed by atoms with van der Waals surface area (Å²) in [5, 5.41) is 3.52. The van der Waals surface area contributed by atoms with Crippen LogP contribution in [0, 0.1) is 0 Å². The molecule has 0 radical (unpaired) electrons. The second kappa shape index (κ2) is 11.4. The van der Waals surface area contributed by atoms with E-state index in [2.05, 4.69) is 26.1 Å². The lowest BCUT2D eigenvalue weighted by atomic mass is 10.1. The van der Waals surface area contributed by atoms with Crippen LogP contribution in [0.1, 0.15) is 47.0 Å². The molecule has 3 nitrogen and oxygen atoms in total. The Balaban J connectivity index is 4.15. The number of nitrogens with one attached hydrogen (secondary N) is 1. The summed E-state index contributed by atoms with van der Waals surface area (Å²) in [7, 11) is 0. The molecule has 16 heavy (non-hydrogen) atoms. The Labute approximate surface area is 101 Å². The summed E-state index contributed by atoms with van der Waals surface area (Å²) in [6.07, 6.45) is 3.69. The predicted octanol–water partition coefficient (Wildman–Crippen LogP) is 2.60. The summed E-state index contributed by atoms with van der Waals surface area (Å²) < 4.78 is 11.3. The van der Waals surface area contributed by atoms with Crippen molar-refractivity contribution in [1.82, 2.24) is 5.32 Å². The average molecular weight is 231 g/mol. The summed E-state index contributed by atoms with van der Waals surface area (Å²) in [5.41, 5.74) is 0. The highest BCUT2D eigenvalue weighted by Gasteiger charge is 2.20. The lowest BCUT2D eigenvalue weighted by molar-refractivity contribution is -0.00216. The quantitative estimate of drug-likeness (QED) is 0.593. The van der Waals surface area contributed by atoms with Gasteiger partial charge in [-0.2, -0.15) is 0 Å². The third kappa shape index (κ3) is 7.20. The topological polar surface area (TPSA) is 30.5 Å². The maximum atomic E-state index is 5.80. The first-order chi connectivity index (χ1) is 7.79. The third-order valence-corrected chi connectivity index (χ3v) is 2.56. The molecule has 0 aromatic rings. The molecule has 0 saturated heterocycles. The van der Waals surface area contributed by atoms with Gasteiger partial charge in [-0.3, -0.25) is 0 Å². The molecule has 0 spiro atoms. The first-order valence-electron chi connectivity index (χ1n) is 6.72. The van der Waals surface area contributed by atoms with Crippen LogP contribution in [-0.4, -0.2) is 38.5 Å². The summed E-state index contributed by atoms with van der Waals surface area (Å²) in [6, 6.07) is 0.333. The van der Waals surface area contributed by atoms with Crippen LogP contribution in [0.2, 0.25) is 0 Å². The van der Waals surface area contributed by atoms with E-state index in [-0.39, 0.29) is 6.10 Å². The number of ether oxygens (including phenoxy) is 2. The van der Waals surface area contributed by atoms with Gasteiger partial charge in [-0.05, 0) is 33.2 Å². The van der Waals surface area contributed by atoms with E-state index >= 15 is 0 Å². The highest BCUT2D eigenvalue weighted by atomic mass is 16.5. The molecule has 0 aromatic heterocycles. The van der Waals surface area contributed by atoms with Gasteiger partial charge >= 0.3 is 0 Å². The molecule has 0 aromatic carbocycles. The van der Waals surface area contributed by atoms with Gasteiger partial charge in [0, 0.05) is 13.2 Å². The monoisotopic (exact) mass is 231 g/mol. The zero-order chi connectivity index (χ0) is 12.2. The van der Waals surface area contributed by atoms with Gasteiger partial charge in [0.1, 0.15) is 0 Å². The van der Waals surface area contributed by atoms with Crippen molar-refractivity contribution < 1.29 is 9.47 Å². The summed E-state index contributed by atoms with van der Waals surface area (Å²) in [4.78, 5) is 0. The second-order valence-corrected chi connectivity index (χ2v) is 4.00. The van der Waals surface area contributed by atoms with E-state index in [0.717, 1.165) is 45.6 Å². The molecule has 0 aliphatic carbocycles. The van der Waals surface area contributed by atoms with Gasteiger partial charge in [-0.15, -0.1) is 0 Å². The van der Waals surface area contributed by atoms with Crippen LogP contribution in [0.25, 0.3) is 0 Å². The third-order valence-electron chi connectivity index (χ3n) is 2.56. The highest BCUT2D eigenvalue weighted by molar-refractivity contribution is 4.76. The zero-order valence-corrected chi connectivity index (χ0v) is 11.4. The van der Waals surface area contributed by atoms with Crippen LogP contribution in [0.3, 0.4) is 0 Å². The SMILES string of the molecule is CCCNC(COCC)C(CCC)OCC. The Bertz CT molecular complexity index is 128. The predicted molar refractivity (Wildman–Crippen MR) is 68.9 cm³/mol. The lowest BCUT2D eigenvalue weighted by Crippen LogP contribution is -2.45. The Morgan fingerprint density at radius 3 is 2.25 bits per heavy atom. The molecule has 2 atom stereocenters. The van der Waals surface area contributed by atoms with E-state index in [4.69, 9.17) is 9.47 Å². The van der Waals surface area contributed by atoms with Crippen LogP contribution in [0.15, 0.2) is 0 Å². The van der Waals surface area contributed by atoms with Crippen molar-refractivity contribution in [3.63, 3.8) is 0 Å². The number of hydrogen-bond donors (Lipinski definition) is 1. The van der Waals surface area contributed by atoms with E-state index in [1.165, 1.54) is 0 Å². The molecule has 0 heterocycles. The Morgan fingerprint density at radius 1 is 1.00 bits per heavy atom. The van der Waals surface area contributed by atoms with Gasteiger partial charge in [-0.25, -0.2) is 0 Å². The molecule has 0 aliphatic heterocycles. The average Bonchev–Trinajstić information content (AvgIpc) is 2.29. The van der Waals surface area contributed by atoms with E-state index in [1.807, 2.05) is 6.92 Å². The van der Waals surface area contributed by atoms with Crippen LogP contribution < -0.4 is 5.32 Å². The minimum Gasteiger partial charge on any atom is -0.380 e. The van der Waals surface area contributed by atoms with Crippen molar-refractivity contribution in [3.05, 3.63) is 0 Å². The number of rotatable bonds is 11. The Morgan fingerprint density at radius 2 is 1.75 bits per heavy atom. The van der Waals surface area contributed by atoms with Crippen molar-refractivity contribution in [2.75, 3.05) is 26.4 Å². The van der Waals surface area contributed by atoms with Crippen molar-refractivity contribution >= 4 is 0 Å². The van der Waals surface area contributed by atoms with E-state index in [0.29, 0.717) is 6.04 Å². The summed E-state index contributed by atoms with van der Waals surface area (Å²) >= 11 is 0. The van der Waals surface area contributed by atoms with Crippen molar-refractivity contribution in [2.24, 2.45) is 0 Å². The van der Waals surface area contributed by atoms with Gasteiger partial charge in [0.15, 0.2) is 0 Å². The lowest BCUT2D eigenvalue weighted by Gasteiger charge is -2.27. The maximum absolute atomic E-state index is 5.80. The molecule has 0 aliphatic rings. The fraction of sp³-hybridized carbons (Fsp3) is 1.00. The Hall–Kier alpha value is -0.120. The first kappa shape index (κ1) is 15.9. The van der Waals surface area contributed by atoms with Gasteiger partial charge in [0.25, 0.3) is 0 Å². The van der Waals surface area contributed by atoms with Crippen LogP contribution in [0.4, 0.5) is 0 Å². The minimum atomic E-state index is 0.285. The molecule has 1 N–H and O–H groups in total. The summed E-state index contributed by atoms with van der Waals surface area (Å²) in [5.74, 6) is 0. The summed E-state index contributed by atoms with van der Waals surface area (Å²) in [6.45, 7) is 11.8. The largest absolute Gasteiger partial charge is 0.380 e. The van der Waals surface area contributed by atoms with E-state index in [9.17, 15) is 0 Å². The van der Waals surface area contributed by atoms with Crippen molar-refractivity contribution in [1.29, 1.82) is 0 Å². The van der Waals surface area contributed by atoms with Crippen LogP contribution in [0.5, 0.6) is 0 Å². The molecular weight excluding hydrogens is 202 g/mol. The molecule has 0 fully saturated rings. The fourth-order valence-corrected chi connectivity index (χ4v) is 1.77. The Kier molecular flexibility index (Phi) is 11.3. The standard InChI is InChI=1S/C13H29NO2/c1-5-9-13(16-8-4)12(11-15-7-3)14-10-6-2/h12-14H,5-11H2,1-4H3. The maximum Gasteiger partial charge on any atom is 0.0750 e.